The van der Waals surface area contributed by atoms with E-state index < -0.39 is 0 Å². The van der Waals surface area contributed by atoms with Crippen molar-refractivity contribution in [3.8, 4) is 0 Å². The fourth-order valence-corrected chi connectivity index (χ4v) is 3.31. The van der Waals surface area contributed by atoms with Crippen LogP contribution in [0.15, 0.2) is 124 Å². The Labute approximate surface area is 242 Å². The molecule has 0 aromatic carbocycles. The highest BCUT2D eigenvalue weighted by Crippen LogP contribution is 1.97. The van der Waals surface area contributed by atoms with Gasteiger partial charge in [0.25, 0.3) is 0 Å². The first-order valence-corrected chi connectivity index (χ1v) is 13.8. The van der Waals surface area contributed by atoms with E-state index in [4.69, 9.17) is 0 Å². The van der Waals surface area contributed by atoms with Crippen molar-refractivity contribution in [3.63, 3.8) is 0 Å². The van der Waals surface area contributed by atoms with Gasteiger partial charge in [0.1, 0.15) is 27.2 Å². The number of rotatable bonds is 8. The summed E-state index contributed by atoms with van der Waals surface area (Å²) in [7, 11) is 3.99. The summed E-state index contributed by atoms with van der Waals surface area (Å²) in [4.78, 5) is 0. The predicted octanol–water partition coefficient (Wildman–Crippen LogP) is 6.36. The van der Waals surface area contributed by atoms with Crippen molar-refractivity contribution in [2.24, 2.45) is 14.1 Å². The van der Waals surface area contributed by atoms with Gasteiger partial charge >= 0.3 is 0 Å². The third-order valence-electron chi connectivity index (χ3n) is 5.98. The minimum absolute atomic E-state index is 1.03. The van der Waals surface area contributed by atoms with Crippen LogP contribution >= 0.6 is 0 Å². The van der Waals surface area contributed by atoms with Gasteiger partial charge in [0.05, 0.1) is 0 Å². The Hall–Kier alpha value is -4.44. The van der Waals surface area contributed by atoms with Crippen LogP contribution in [0.25, 0.3) is 24.3 Å². The van der Waals surface area contributed by atoms with Gasteiger partial charge in [-0.15, -0.1) is 0 Å². The Balaban J connectivity index is 0.000000269. The van der Waals surface area contributed by atoms with Crippen molar-refractivity contribution in [1.29, 1.82) is 0 Å². The van der Waals surface area contributed by atoms with Crippen LogP contribution in [0.5, 0.6) is 0 Å². The van der Waals surface area contributed by atoms with Crippen molar-refractivity contribution in [3.05, 3.63) is 147 Å². The third-order valence-corrected chi connectivity index (χ3v) is 5.98. The average molecular weight is 537 g/mol. The molecule has 0 bridgehead atoms. The molecule has 208 valence electrons. The van der Waals surface area contributed by atoms with E-state index in [2.05, 4.69) is 98.4 Å². The largest absolute Gasteiger partial charge is 0.208 e. The Kier molecular flexibility index (Phi) is 17.2. The quantitative estimate of drug-likeness (QED) is 0.233. The van der Waals surface area contributed by atoms with E-state index in [1.165, 1.54) is 24.0 Å². The van der Waals surface area contributed by atoms with Gasteiger partial charge in [-0.05, 0) is 29.7 Å². The summed E-state index contributed by atoms with van der Waals surface area (Å²) >= 11 is 0. The molecule has 0 N–H and O–H groups in total. The summed E-state index contributed by atoms with van der Waals surface area (Å²) in [6.45, 7) is 21.2. The molecule has 0 saturated carbocycles. The number of nitrogens with zero attached hydrogens (tertiary/aromatic N) is 4. The maximum Gasteiger partial charge on any atom is 0.204 e. The van der Waals surface area contributed by atoms with E-state index in [1.54, 1.807) is 0 Å². The Morgan fingerprint density at radius 2 is 1.05 bits per heavy atom. The standard InChI is InChI=1S/C11H16N.C9H12N.2C8H10N/c1-3-5-8-12-9-6-11(4-2)7-10-12;1-3-9-5-7-10(4-2)8-6-9;1-3-8-4-6-9(2)7-5-8;1-3-8-6-4-5-7-9(8)2/h4,6-7,9-10H,2-3,5,8H2,1H3;3,5-8H,1,4H2,2H3;2*3-7H,1H2,2H3/q4*+1. The van der Waals surface area contributed by atoms with E-state index in [-0.39, 0.29) is 0 Å². The third kappa shape index (κ3) is 13.9. The molecule has 0 saturated heterocycles. The van der Waals surface area contributed by atoms with E-state index in [1.807, 2.05) is 96.5 Å². The second-order valence-electron chi connectivity index (χ2n) is 9.03. The highest BCUT2D eigenvalue weighted by atomic mass is 14.9. The molecule has 4 nitrogen and oxygen atoms in total. The summed E-state index contributed by atoms with van der Waals surface area (Å²) < 4.78 is 8.34. The SMILES string of the molecule is C=Cc1cc[n+](C)cc1.C=Cc1cc[n+](CC)cc1.C=Cc1cc[n+](CCCC)cc1.C=Cc1cccc[n+]1C. The van der Waals surface area contributed by atoms with Crippen LogP contribution in [0, 0.1) is 0 Å². The predicted molar refractivity (Wildman–Crippen MR) is 169 cm³/mol. The summed E-state index contributed by atoms with van der Waals surface area (Å²) in [5.41, 5.74) is 4.65. The minimum Gasteiger partial charge on any atom is -0.208 e. The first kappa shape index (κ1) is 33.6. The van der Waals surface area contributed by atoms with Gasteiger partial charge in [-0.1, -0.05) is 57.9 Å². The Morgan fingerprint density at radius 3 is 1.43 bits per heavy atom. The van der Waals surface area contributed by atoms with Crippen molar-refractivity contribution in [2.45, 2.75) is 39.8 Å². The van der Waals surface area contributed by atoms with Gasteiger partial charge in [-0.2, -0.15) is 0 Å². The van der Waals surface area contributed by atoms with Crippen LogP contribution in [0.3, 0.4) is 0 Å². The number of aromatic nitrogens is 4. The van der Waals surface area contributed by atoms with Gasteiger partial charge < -0.3 is 0 Å². The molecular weight excluding hydrogens is 488 g/mol. The molecule has 0 aliphatic heterocycles. The molecule has 4 rings (SSSR count). The van der Waals surface area contributed by atoms with E-state index in [0.29, 0.717) is 0 Å². The maximum atomic E-state index is 3.71. The maximum absolute atomic E-state index is 3.71. The van der Waals surface area contributed by atoms with E-state index >= 15 is 0 Å². The van der Waals surface area contributed by atoms with Gasteiger partial charge in [0.15, 0.2) is 43.4 Å². The highest BCUT2D eigenvalue weighted by Gasteiger charge is 1.97. The molecule has 4 heterocycles. The number of hydrogen-bond acceptors (Lipinski definition) is 0. The average Bonchev–Trinajstić information content (AvgIpc) is 3.02. The van der Waals surface area contributed by atoms with Crippen LogP contribution in [0.1, 0.15) is 49.1 Å². The molecular formula is C36H48N4+4. The Bertz CT molecular complexity index is 1270. The fourth-order valence-electron chi connectivity index (χ4n) is 3.31. The monoisotopic (exact) mass is 536 g/mol. The molecule has 0 fully saturated rings. The second kappa shape index (κ2) is 20.5. The van der Waals surface area contributed by atoms with Gasteiger partial charge in [-0.25, -0.2) is 18.3 Å². The van der Waals surface area contributed by atoms with Crippen LogP contribution in [0.4, 0.5) is 0 Å². The number of pyridine rings is 4. The zero-order valence-corrected chi connectivity index (χ0v) is 25.0. The summed E-state index contributed by atoms with van der Waals surface area (Å²) in [5, 5.41) is 0. The normalized spacial score (nSPS) is 9.30. The molecule has 0 radical (unpaired) electrons. The fraction of sp³-hybridized carbons (Fsp3) is 0.222. The van der Waals surface area contributed by atoms with Crippen molar-refractivity contribution >= 4 is 24.3 Å². The number of aryl methyl sites for hydroxylation is 4. The molecule has 0 amide bonds. The van der Waals surface area contributed by atoms with E-state index in [0.717, 1.165) is 24.3 Å². The summed E-state index contributed by atoms with van der Waals surface area (Å²) in [5.74, 6) is 0. The van der Waals surface area contributed by atoms with Crippen molar-refractivity contribution in [2.75, 3.05) is 0 Å². The summed E-state index contributed by atoms with van der Waals surface area (Å²) in [6.07, 6.45) is 24.2. The molecule has 4 heteroatoms. The first-order valence-electron chi connectivity index (χ1n) is 13.8. The van der Waals surface area contributed by atoms with E-state index in [9.17, 15) is 0 Å². The zero-order chi connectivity index (χ0) is 29.6. The van der Waals surface area contributed by atoms with Crippen LogP contribution in [0.2, 0.25) is 0 Å². The molecule has 4 aromatic heterocycles. The number of unbranched alkanes of at least 4 members (excludes halogenated alkanes) is 1. The topological polar surface area (TPSA) is 15.5 Å². The lowest BCUT2D eigenvalue weighted by molar-refractivity contribution is -0.697. The molecule has 0 spiro atoms. The van der Waals surface area contributed by atoms with Crippen LogP contribution in [-0.4, -0.2) is 0 Å². The molecule has 0 aliphatic rings. The molecule has 40 heavy (non-hydrogen) atoms. The lowest BCUT2D eigenvalue weighted by Gasteiger charge is -1.94. The molecule has 0 atom stereocenters. The van der Waals surface area contributed by atoms with Crippen LogP contribution < -0.4 is 18.3 Å². The van der Waals surface area contributed by atoms with Crippen molar-refractivity contribution in [1.82, 2.24) is 0 Å². The van der Waals surface area contributed by atoms with Gasteiger partial charge in [0, 0.05) is 61.0 Å². The summed E-state index contributed by atoms with van der Waals surface area (Å²) in [6, 6.07) is 18.3. The first-order chi connectivity index (χ1) is 19.4. The zero-order valence-electron chi connectivity index (χ0n) is 25.0. The van der Waals surface area contributed by atoms with Gasteiger partial charge in [-0.3, -0.25) is 0 Å². The molecule has 0 unspecified atom stereocenters. The highest BCUT2D eigenvalue weighted by molar-refractivity contribution is 5.45. The lowest BCUT2D eigenvalue weighted by atomic mass is 10.2. The minimum atomic E-state index is 1.03. The van der Waals surface area contributed by atoms with Crippen molar-refractivity contribution < 1.29 is 18.3 Å². The van der Waals surface area contributed by atoms with Crippen LogP contribution in [-0.2, 0) is 27.2 Å². The lowest BCUT2D eigenvalue weighted by Crippen LogP contribution is -2.32. The van der Waals surface area contributed by atoms with Gasteiger partial charge in [0.2, 0.25) is 5.69 Å². The number of hydrogen-bond donors (Lipinski definition) is 0. The molecule has 4 aromatic rings. The Morgan fingerprint density at radius 1 is 0.575 bits per heavy atom. The second-order valence-corrected chi connectivity index (χ2v) is 9.03. The smallest absolute Gasteiger partial charge is 0.204 e. The molecule has 0 aliphatic carbocycles.